The molecule has 0 bridgehead atoms. The van der Waals surface area contributed by atoms with E-state index in [2.05, 4.69) is 5.32 Å². The highest BCUT2D eigenvalue weighted by Gasteiger charge is 2.37. The lowest BCUT2D eigenvalue weighted by atomic mass is 10.2. The van der Waals surface area contributed by atoms with Gasteiger partial charge in [-0.2, -0.15) is 0 Å². The first kappa shape index (κ1) is 10.6. The summed E-state index contributed by atoms with van der Waals surface area (Å²) in [6, 6.07) is -0.254. The number of nitrogens with zero attached hydrogens (tertiary/aromatic N) is 1. The van der Waals surface area contributed by atoms with E-state index < -0.39 is 0 Å². The molecule has 1 aliphatic carbocycles. The van der Waals surface area contributed by atoms with Crippen molar-refractivity contribution in [3.8, 4) is 0 Å². The lowest BCUT2D eigenvalue weighted by Gasteiger charge is -2.12. The molecule has 1 atom stereocenters. The fourth-order valence-corrected chi connectivity index (χ4v) is 2.04. The van der Waals surface area contributed by atoms with Gasteiger partial charge in [0.2, 0.25) is 11.8 Å². The second-order valence-electron chi connectivity index (χ2n) is 4.42. The summed E-state index contributed by atoms with van der Waals surface area (Å²) in [5.74, 6) is 0.789. The molecule has 15 heavy (non-hydrogen) atoms. The van der Waals surface area contributed by atoms with Gasteiger partial charge in [-0.15, -0.1) is 0 Å². The van der Waals surface area contributed by atoms with Crippen LogP contribution in [0.2, 0.25) is 0 Å². The van der Waals surface area contributed by atoms with Gasteiger partial charge in [-0.25, -0.2) is 0 Å². The first-order valence-corrected chi connectivity index (χ1v) is 5.80. The van der Waals surface area contributed by atoms with Crippen LogP contribution in [0.5, 0.6) is 0 Å². The van der Waals surface area contributed by atoms with E-state index in [1.54, 1.807) is 0 Å². The van der Waals surface area contributed by atoms with Crippen molar-refractivity contribution >= 4 is 11.8 Å². The van der Waals surface area contributed by atoms with Gasteiger partial charge in [0.15, 0.2) is 0 Å². The van der Waals surface area contributed by atoms with Gasteiger partial charge >= 0.3 is 0 Å². The summed E-state index contributed by atoms with van der Waals surface area (Å²) in [5.41, 5.74) is 0. The Balaban J connectivity index is 1.77. The van der Waals surface area contributed by atoms with Gasteiger partial charge in [0.25, 0.3) is 0 Å². The molecule has 4 heteroatoms. The van der Waals surface area contributed by atoms with Crippen molar-refractivity contribution in [1.82, 2.24) is 10.2 Å². The standard InChI is InChI=1S/C11H18N2O2/c1-2-13-10(14)7-9(11(13)15)12-6-5-8-3-4-8/h8-9,12H,2-7H2,1H3. The summed E-state index contributed by atoms with van der Waals surface area (Å²) in [6.07, 6.45) is 4.15. The number of hydrogen-bond acceptors (Lipinski definition) is 3. The summed E-state index contributed by atoms with van der Waals surface area (Å²) in [5, 5.41) is 3.19. The molecule has 2 amide bonds. The van der Waals surface area contributed by atoms with E-state index >= 15 is 0 Å². The molecule has 2 aliphatic rings. The Morgan fingerprint density at radius 2 is 2.13 bits per heavy atom. The maximum atomic E-state index is 11.7. The summed E-state index contributed by atoms with van der Waals surface area (Å²) < 4.78 is 0. The molecule has 84 valence electrons. The minimum absolute atomic E-state index is 0.0357. The number of carbonyl (C=O) groups excluding carboxylic acids is 2. The number of carbonyl (C=O) groups is 2. The monoisotopic (exact) mass is 210 g/mol. The fourth-order valence-electron chi connectivity index (χ4n) is 2.04. The zero-order valence-corrected chi connectivity index (χ0v) is 9.16. The number of amides is 2. The van der Waals surface area contributed by atoms with Gasteiger partial charge in [-0.1, -0.05) is 12.8 Å². The third kappa shape index (κ3) is 2.37. The Morgan fingerprint density at radius 3 is 2.67 bits per heavy atom. The van der Waals surface area contributed by atoms with E-state index in [1.807, 2.05) is 6.92 Å². The Bertz CT molecular complexity index is 274. The minimum Gasteiger partial charge on any atom is -0.305 e. The topological polar surface area (TPSA) is 49.4 Å². The summed E-state index contributed by atoms with van der Waals surface area (Å²) in [7, 11) is 0. The van der Waals surface area contributed by atoms with Crippen LogP contribution in [0.4, 0.5) is 0 Å². The van der Waals surface area contributed by atoms with Crippen LogP contribution in [0, 0.1) is 5.92 Å². The third-order valence-corrected chi connectivity index (χ3v) is 3.20. The molecule has 4 nitrogen and oxygen atoms in total. The van der Waals surface area contributed by atoms with Crippen molar-refractivity contribution in [2.75, 3.05) is 13.1 Å². The van der Waals surface area contributed by atoms with E-state index in [1.165, 1.54) is 17.7 Å². The van der Waals surface area contributed by atoms with Gasteiger partial charge in [0, 0.05) is 6.54 Å². The van der Waals surface area contributed by atoms with E-state index in [0.29, 0.717) is 13.0 Å². The normalized spacial score (nSPS) is 26.5. The Labute approximate surface area is 90.0 Å². The highest BCUT2D eigenvalue weighted by molar-refractivity contribution is 6.05. The fraction of sp³-hybridized carbons (Fsp3) is 0.818. The highest BCUT2D eigenvalue weighted by Crippen LogP contribution is 2.31. The molecule has 2 rings (SSSR count). The summed E-state index contributed by atoms with van der Waals surface area (Å²) >= 11 is 0. The molecule has 1 N–H and O–H groups in total. The molecule has 1 unspecified atom stereocenters. The molecular formula is C11H18N2O2. The summed E-state index contributed by atoms with van der Waals surface area (Å²) in [4.78, 5) is 24.4. The van der Waals surface area contributed by atoms with Crippen LogP contribution in [0.1, 0.15) is 32.6 Å². The quantitative estimate of drug-likeness (QED) is 0.673. The van der Waals surface area contributed by atoms with Crippen molar-refractivity contribution in [2.45, 2.75) is 38.6 Å². The third-order valence-electron chi connectivity index (χ3n) is 3.20. The van der Waals surface area contributed by atoms with E-state index in [-0.39, 0.29) is 17.9 Å². The average Bonchev–Trinajstić information content (AvgIpc) is 2.96. The van der Waals surface area contributed by atoms with Crippen LogP contribution in [0.15, 0.2) is 0 Å². The molecule has 0 aromatic rings. The smallest absolute Gasteiger partial charge is 0.246 e. The lowest BCUT2D eigenvalue weighted by Crippen LogP contribution is -2.39. The number of nitrogens with one attached hydrogen (secondary N) is 1. The van der Waals surface area contributed by atoms with Gasteiger partial charge < -0.3 is 5.32 Å². The first-order valence-electron chi connectivity index (χ1n) is 5.80. The molecule has 2 fully saturated rings. The molecule has 1 saturated heterocycles. The average molecular weight is 210 g/mol. The van der Waals surface area contributed by atoms with Crippen molar-refractivity contribution in [2.24, 2.45) is 5.92 Å². The predicted octanol–water partition coefficient (Wildman–Crippen LogP) is 0.523. The Hall–Kier alpha value is -0.900. The van der Waals surface area contributed by atoms with Crippen molar-refractivity contribution in [1.29, 1.82) is 0 Å². The van der Waals surface area contributed by atoms with Gasteiger partial charge in [0.05, 0.1) is 12.5 Å². The molecule has 1 saturated carbocycles. The van der Waals surface area contributed by atoms with Crippen LogP contribution in [-0.4, -0.2) is 35.8 Å². The van der Waals surface area contributed by atoms with Gasteiger partial charge in [-0.05, 0) is 25.8 Å². The molecule has 1 aliphatic heterocycles. The van der Waals surface area contributed by atoms with Crippen LogP contribution < -0.4 is 5.32 Å². The lowest BCUT2D eigenvalue weighted by molar-refractivity contribution is -0.138. The number of likely N-dealkylation sites (N-methyl/N-ethyl adjacent to an activating group) is 1. The number of likely N-dealkylation sites (tertiary alicyclic amines) is 1. The molecule has 1 heterocycles. The van der Waals surface area contributed by atoms with E-state index in [0.717, 1.165) is 18.9 Å². The SMILES string of the molecule is CCN1C(=O)CC(NCCC2CC2)C1=O. The second kappa shape index (κ2) is 4.31. The largest absolute Gasteiger partial charge is 0.305 e. The molecular weight excluding hydrogens is 192 g/mol. The van der Waals surface area contributed by atoms with Crippen LogP contribution in [0.3, 0.4) is 0 Å². The molecule has 0 aromatic heterocycles. The Kier molecular flexibility index (Phi) is 3.05. The highest BCUT2D eigenvalue weighted by atomic mass is 16.2. The zero-order valence-electron chi connectivity index (χ0n) is 9.16. The summed E-state index contributed by atoms with van der Waals surface area (Å²) in [6.45, 7) is 3.20. The van der Waals surface area contributed by atoms with Crippen LogP contribution in [-0.2, 0) is 9.59 Å². The van der Waals surface area contributed by atoms with E-state index in [4.69, 9.17) is 0 Å². The molecule has 0 aromatic carbocycles. The molecule has 0 radical (unpaired) electrons. The second-order valence-corrected chi connectivity index (χ2v) is 4.42. The zero-order chi connectivity index (χ0) is 10.8. The minimum atomic E-state index is -0.254. The first-order chi connectivity index (χ1) is 7.22. The van der Waals surface area contributed by atoms with Crippen LogP contribution >= 0.6 is 0 Å². The van der Waals surface area contributed by atoms with Gasteiger partial charge in [0.1, 0.15) is 0 Å². The number of hydrogen-bond donors (Lipinski definition) is 1. The van der Waals surface area contributed by atoms with Crippen molar-refractivity contribution in [3.63, 3.8) is 0 Å². The maximum absolute atomic E-state index is 11.7. The van der Waals surface area contributed by atoms with Gasteiger partial charge in [-0.3, -0.25) is 14.5 Å². The Morgan fingerprint density at radius 1 is 1.40 bits per heavy atom. The van der Waals surface area contributed by atoms with Crippen molar-refractivity contribution in [3.05, 3.63) is 0 Å². The van der Waals surface area contributed by atoms with Crippen LogP contribution in [0.25, 0.3) is 0 Å². The van der Waals surface area contributed by atoms with E-state index in [9.17, 15) is 9.59 Å². The predicted molar refractivity (Wildman–Crippen MR) is 56.1 cm³/mol. The van der Waals surface area contributed by atoms with Crippen molar-refractivity contribution < 1.29 is 9.59 Å². The maximum Gasteiger partial charge on any atom is 0.246 e. The number of rotatable bonds is 5. The number of imide groups is 1. The molecule has 0 spiro atoms.